The van der Waals surface area contributed by atoms with E-state index in [1.165, 1.54) is 0 Å². The number of nitrogens with zero attached hydrogens (tertiary/aromatic N) is 1. The number of carbonyl (C=O) groups excluding carboxylic acids is 2. The Balaban J connectivity index is 1.76. The van der Waals surface area contributed by atoms with Gasteiger partial charge in [-0.15, -0.1) is 0 Å². The summed E-state index contributed by atoms with van der Waals surface area (Å²) in [5.41, 5.74) is 4.30. The van der Waals surface area contributed by atoms with Gasteiger partial charge in [0.05, 0.1) is 11.1 Å². The number of amides is 2. The first kappa shape index (κ1) is 19.8. The molecule has 5 rings (SSSR count). The van der Waals surface area contributed by atoms with Crippen molar-refractivity contribution in [3.8, 4) is 0 Å². The molecule has 4 aromatic rings. The minimum atomic E-state index is -0.365. The molecule has 0 spiro atoms. The highest BCUT2D eigenvalue weighted by Crippen LogP contribution is 2.38. The second kappa shape index (κ2) is 7.83. The number of benzene rings is 2. The molecule has 1 aliphatic heterocycles. The molecule has 3 N–H and O–H groups in total. The lowest BCUT2D eigenvalue weighted by atomic mass is 9.95. The number of hydrogen-bond donors (Lipinski definition) is 3. The maximum Gasteiger partial charge on any atom is 0.259 e. The normalized spacial score (nSPS) is 14.3. The van der Waals surface area contributed by atoms with Crippen LogP contribution in [0.3, 0.4) is 0 Å². The monoisotopic (exact) mass is 476 g/mol. The molecular weight excluding hydrogens is 456 g/mol. The summed E-state index contributed by atoms with van der Waals surface area (Å²) in [7, 11) is 1.93. The summed E-state index contributed by atoms with van der Waals surface area (Å²) < 4.78 is 3.08. The van der Waals surface area contributed by atoms with Crippen molar-refractivity contribution in [3.63, 3.8) is 0 Å². The average Bonchev–Trinajstić information content (AvgIpc) is 3.41. The van der Waals surface area contributed by atoms with Crippen molar-refractivity contribution in [1.29, 1.82) is 0 Å². The lowest BCUT2D eigenvalue weighted by molar-refractivity contribution is -0.122. The third kappa shape index (κ3) is 3.30. The van der Waals surface area contributed by atoms with Crippen LogP contribution >= 0.6 is 15.9 Å². The number of aryl methyl sites for hydroxylation is 1. The standard InChI is InChI=1S/C24H21BrN4O2/c1-26-9-4-10-29-13-18(16-11-14(25)7-8-20(16)29)22-21(23(30)28-24(22)31)17-12-27-19-6-3-2-5-15(17)19/h2-3,5-8,11-13,26-27H,4,9-10H2,1H3,(H,28,30,31). The van der Waals surface area contributed by atoms with Gasteiger partial charge in [-0.05, 0) is 44.3 Å². The molecule has 0 saturated heterocycles. The molecule has 2 amide bonds. The molecule has 0 radical (unpaired) electrons. The molecule has 0 fully saturated rings. The van der Waals surface area contributed by atoms with E-state index in [0.717, 1.165) is 56.9 Å². The van der Waals surface area contributed by atoms with Gasteiger partial charge in [0, 0.05) is 56.3 Å². The number of fused-ring (bicyclic) bond motifs is 2. The summed E-state index contributed by atoms with van der Waals surface area (Å²) >= 11 is 3.55. The van der Waals surface area contributed by atoms with E-state index in [2.05, 4.69) is 36.1 Å². The average molecular weight is 477 g/mol. The lowest BCUT2D eigenvalue weighted by Gasteiger charge is -2.04. The van der Waals surface area contributed by atoms with E-state index in [-0.39, 0.29) is 11.8 Å². The predicted octanol–water partition coefficient (Wildman–Crippen LogP) is 4.06. The van der Waals surface area contributed by atoms with Gasteiger partial charge in [0.25, 0.3) is 11.8 Å². The topological polar surface area (TPSA) is 78.9 Å². The fourth-order valence-corrected chi connectivity index (χ4v) is 4.69. The molecule has 3 heterocycles. The molecule has 2 aromatic carbocycles. The van der Waals surface area contributed by atoms with E-state index < -0.39 is 0 Å². The van der Waals surface area contributed by atoms with Gasteiger partial charge in [0.15, 0.2) is 0 Å². The number of halogens is 1. The number of carbonyl (C=O) groups is 2. The van der Waals surface area contributed by atoms with Crippen molar-refractivity contribution in [1.82, 2.24) is 20.2 Å². The van der Waals surface area contributed by atoms with E-state index in [4.69, 9.17) is 0 Å². The van der Waals surface area contributed by atoms with E-state index in [9.17, 15) is 9.59 Å². The van der Waals surface area contributed by atoms with Gasteiger partial charge in [-0.2, -0.15) is 0 Å². The second-order valence-electron chi connectivity index (χ2n) is 7.64. The first-order chi connectivity index (χ1) is 15.1. The van der Waals surface area contributed by atoms with Crippen molar-refractivity contribution < 1.29 is 9.59 Å². The fourth-order valence-electron chi connectivity index (χ4n) is 4.33. The van der Waals surface area contributed by atoms with Crippen LogP contribution in [0.4, 0.5) is 0 Å². The Morgan fingerprint density at radius 3 is 2.58 bits per heavy atom. The van der Waals surface area contributed by atoms with Crippen LogP contribution in [0, 0.1) is 0 Å². The summed E-state index contributed by atoms with van der Waals surface area (Å²) in [5.74, 6) is -0.727. The summed E-state index contributed by atoms with van der Waals surface area (Å²) in [6.45, 7) is 1.71. The number of H-pyrrole nitrogens is 1. The van der Waals surface area contributed by atoms with Crippen LogP contribution in [0.2, 0.25) is 0 Å². The van der Waals surface area contributed by atoms with Crippen LogP contribution in [-0.4, -0.2) is 35.0 Å². The summed E-state index contributed by atoms with van der Waals surface area (Å²) in [5, 5.41) is 7.54. The van der Waals surface area contributed by atoms with Crippen LogP contribution in [0.15, 0.2) is 59.3 Å². The predicted molar refractivity (Wildman–Crippen MR) is 126 cm³/mol. The van der Waals surface area contributed by atoms with Gasteiger partial charge in [-0.3, -0.25) is 14.9 Å². The van der Waals surface area contributed by atoms with Crippen LogP contribution in [0.25, 0.3) is 33.0 Å². The van der Waals surface area contributed by atoms with Gasteiger partial charge in [-0.1, -0.05) is 34.1 Å². The van der Waals surface area contributed by atoms with E-state index in [0.29, 0.717) is 11.1 Å². The number of rotatable bonds is 6. The molecule has 156 valence electrons. The van der Waals surface area contributed by atoms with Crippen LogP contribution in [-0.2, 0) is 16.1 Å². The first-order valence-corrected chi connectivity index (χ1v) is 11.0. The summed E-state index contributed by atoms with van der Waals surface area (Å²) in [6.07, 6.45) is 4.75. The smallest absolute Gasteiger partial charge is 0.259 e. The third-order valence-corrected chi connectivity index (χ3v) is 6.22. The molecule has 7 heteroatoms. The van der Waals surface area contributed by atoms with Gasteiger partial charge < -0.3 is 14.9 Å². The van der Waals surface area contributed by atoms with Crippen molar-refractivity contribution in [2.75, 3.05) is 13.6 Å². The van der Waals surface area contributed by atoms with Crippen molar-refractivity contribution >= 4 is 60.7 Å². The summed E-state index contributed by atoms with van der Waals surface area (Å²) in [6, 6.07) is 13.8. The van der Waals surface area contributed by atoms with Gasteiger partial charge in [0.2, 0.25) is 0 Å². The Morgan fingerprint density at radius 1 is 1.00 bits per heavy atom. The molecule has 0 unspecified atom stereocenters. The highest BCUT2D eigenvalue weighted by atomic mass is 79.9. The molecule has 0 bridgehead atoms. The number of imide groups is 1. The highest BCUT2D eigenvalue weighted by molar-refractivity contribution is 9.10. The fraction of sp³-hybridized carbons (Fsp3) is 0.167. The number of aromatic amines is 1. The Kier molecular flexibility index (Phi) is 5.00. The minimum Gasteiger partial charge on any atom is -0.361 e. The van der Waals surface area contributed by atoms with Crippen LogP contribution in [0.1, 0.15) is 17.5 Å². The number of aromatic nitrogens is 2. The number of para-hydroxylation sites is 1. The molecule has 0 aliphatic carbocycles. The highest BCUT2D eigenvalue weighted by Gasteiger charge is 2.35. The Hall–Kier alpha value is -3.16. The molecule has 1 aliphatic rings. The van der Waals surface area contributed by atoms with Gasteiger partial charge >= 0.3 is 0 Å². The first-order valence-electron chi connectivity index (χ1n) is 10.2. The maximum atomic E-state index is 13.0. The second-order valence-corrected chi connectivity index (χ2v) is 8.55. The molecular formula is C24H21BrN4O2. The minimum absolute atomic E-state index is 0.362. The number of nitrogens with one attached hydrogen (secondary N) is 3. The summed E-state index contributed by atoms with van der Waals surface area (Å²) in [4.78, 5) is 29.1. The third-order valence-electron chi connectivity index (χ3n) is 5.73. The molecule has 6 nitrogen and oxygen atoms in total. The van der Waals surface area contributed by atoms with Crippen molar-refractivity contribution in [3.05, 3.63) is 70.5 Å². The lowest BCUT2D eigenvalue weighted by Crippen LogP contribution is -2.22. The van der Waals surface area contributed by atoms with Crippen molar-refractivity contribution in [2.24, 2.45) is 0 Å². The van der Waals surface area contributed by atoms with Crippen molar-refractivity contribution in [2.45, 2.75) is 13.0 Å². The van der Waals surface area contributed by atoms with Crippen LogP contribution in [0.5, 0.6) is 0 Å². The maximum absolute atomic E-state index is 13.0. The largest absolute Gasteiger partial charge is 0.361 e. The quantitative estimate of drug-likeness (QED) is 0.290. The molecule has 0 atom stereocenters. The Morgan fingerprint density at radius 2 is 1.77 bits per heavy atom. The van der Waals surface area contributed by atoms with E-state index >= 15 is 0 Å². The van der Waals surface area contributed by atoms with E-state index in [1.54, 1.807) is 6.20 Å². The zero-order valence-corrected chi connectivity index (χ0v) is 18.5. The zero-order chi connectivity index (χ0) is 21.5. The van der Waals surface area contributed by atoms with Gasteiger partial charge in [0.1, 0.15) is 0 Å². The Labute approximate surface area is 187 Å². The molecule has 0 saturated carbocycles. The van der Waals surface area contributed by atoms with Gasteiger partial charge in [-0.25, -0.2) is 0 Å². The van der Waals surface area contributed by atoms with E-state index in [1.807, 2.05) is 55.7 Å². The zero-order valence-electron chi connectivity index (χ0n) is 17.0. The SMILES string of the molecule is CNCCCn1cc(C2=C(c3c[nH]c4ccccc34)C(=O)NC2=O)c2cc(Br)ccc21. The molecule has 2 aromatic heterocycles. The van der Waals surface area contributed by atoms with Crippen LogP contribution < -0.4 is 10.6 Å². The Bertz CT molecular complexity index is 1380. The number of hydrogen-bond acceptors (Lipinski definition) is 3. The molecule has 31 heavy (non-hydrogen) atoms.